The van der Waals surface area contributed by atoms with Crippen molar-refractivity contribution in [1.29, 1.82) is 0 Å². The summed E-state index contributed by atoms with van der Waals surface area (Å²) in [4.78, 5) is 32.5. The van der Waals surface area contributed by atoms with Gasteiger partial charge in [0.15, 0.2) is 7.14 Å². The van der Waals surface area contributed by atoms with Gasteiger partial charge in [0.05, 0.1) is 0 Å². The van der Waals surface area contributed by atoms with Crippen LogP contribution in [0.4, 0.5) is 0 Å². The first-order valence-electron chi connectivity index (χ1n) is 15.5. The Balaban J connectivity index is 2.75. The lowest BCUT2D eigenvalue weighted by atomic mass is 10.2. The van der Waals surface area contributed by atoms with Gasteiger partial charge in [0, 0.05) is 43.2 Å². The Bertz CT molecular complexity index is 1050. The highest BCUT2D eigenvalue weighted by atomic mass is 31.2. The first kappa shape index (κ1) is 33.8. The van der Waals surface area contributed by atoms with E-state index in [0.29, 0.717) is 36.8 Å². The van der Waals surface area contributed by atoms with Crippen molar-refractivity contribution in [1.82, 2.24) is 9.80 Å². The smallest absolute Gasteiger partial charge is 0.234 e. The van der Waals surface area contributed by atoms with E-state index in [1.54, 1.807) is 0 Å². The molecule has 0 bridgehead atoms. The third-order valence-corrected chi connectivity index (χ3v) is 11.5. The molecule has 6 heteroatoms. The van der Waals surface area contributed by atoms with Crippen molar-refractivity contribution in [3.63, 3.8) is 0 Å². The number of carbonyl (C=O) groups is 2. The zero-order chi connectivity index (χ0) is 29.5. The molecule has 0 fully saturated rings. The summed E-state index contributed by atoms with van der Waals surface area (Å²) in [7, 11) is -3.57. The van der Waals surface area contributed by atoms with Crippen LogP contribution in [0.1, 0.15) is 96.6 Å². The van der Waals surface area contributed by atoms with Gasteiger partial charge in [-0.15, -0.1) is 0 Å². The van der Waals surface area contributed by atoms with Crippen molar-refractivity contribution in [2.45, 2.75) is 105 Å². The van der Waals surface area contributed by atoms with E-state index in [9.17, 15) is 9.59 Å². The fraction of sp³-hybridized carbons (Fsp3) is 0.588. The Morgan fingerprint density at radius 3 is 1.40 bits per heavy atom. The lowest BCUT2D eigenvalue weighted by Gasteiger charge is -2.35. The topological polar surface area (TPSA) is 57.7 Å². The first-order chi connectivity index (χ1) is 19.3. The second-order valence-corrected chi connectivity index (χ2v) is 14.0. The summed E-state index contributed by atoms with van der Waals surface area (Å²) in [6.07, 6.45) is 7.48. The first-order valence-corrected chi connectivity index (χ1v) is 17.3. The maximum atomic E-state index is 15.8. The van der Waals surface area contributed by atoms with Crippen LogP contribution < -0.4 is 10.6 Å². The predicted molar refractivity (Wildman–Crippen MR) is 170 cm³/mol. The molecule has 0 N–H and O–H groups in total. The lowest BCUT2D eigenvalue weighted by Crippen LogP contribution is -2.46. The van der Waals surface area contributed by atoms with E-state index in [4.69, 9.17) is 0 Å². The van der Waals surface area contributed by atoms with Gasteiger partial charge in [-0.25, -0.2) is 0 Å². The molecule has 0 radical (unpaired) electrons. The second-order valence-electron chi connectivity index (χ2n) is 11.1. The molecule has 0 aliphatic carbocycles. The van der Waals surface area contributed by atoms with Gasteiger partial charge in [0.1, 0.15) is 5.66 Å². The van der Waals surface area contributed by atoms with Crippen LogP contribution in [-0.2, 0) is 14.2 Å². The molecule has 0 saturated carbocycles. The number of hydrogen-bond donors (Lipinski definition) is 0. The number of aryl methyl sites for hydroxylation is 2. The molecular weight excluding hydrogens is 515 g/mol. The van der Waals surface area contributed by atoms with E-state index >= 15 is 4.57 Å². The average Bonchev–Trinajstić information content (AvgIpc) is 2.95. The van der Waals surface area contributed by atoms with Crippen molar-refractivity contribution in [2.75, 3.05) is 26.2 Å². The third kappa shape index (κ3) is 8.80. The highest BCUT2D eigenvalue weighted by Gasteiger charge is 2.46. The van der Waals surface area contributed by atoms with Crippen LogP contribution in [0.25, 0.3) is 0 Å². The lowest BCUT2D eigenvalue weighted by molar-refractivity contribution is -0.136. The Morgan fingerprint density at radius 1 is 0.650 bits per heavy atom. The highest BCUT2D eigenvalue weighted by molar-refractivity contribution is 7.80. The van der Waals surface area contributed by atoms with Gasteiger partial charge in [-0.05, 0) is 50.7 Å². The van der Waals surface area contributed by atoms with Crippen molar-refractivity contribution in [3.05, 3.63) is 59.7 Å². The Labute approximate surface area is 244 Å². The van der Waals surface area contributed by atoms with Crippen LogP contribution in [0.5, 0.6) is 0 Å². The molecule has 0 heterocycles. The number of rotatable bonds is 18. The molecule has 2 aromatic carbocycles. The molecular formula is C34H53N2O3P. The molecule has 5 nitrogen and oxygen atoms in total. The molecule has 0 aromatic heterocycles. The normalized spacial score (nSPS) is 12.2. The molecule has 2 aromatic rings. The minimum Gasteiger partial charge on any atom is -0.343 e. The van der Waals surface area contributed by atoms with Gasteiger partial charge in [0.2, 0.25) is 11.8 Å². The van der Waals surface area contributed by atoms with Crippen LogP contribution in [0.15, 0.2) is 48.5 Å². The SMILES string of the molecule is CCCCN(CCCC)C(=O)CC(C(=O)N(CCCC)CCCC)P(=O)(c1ccccc1C)c1ccccc1C. The Kier molecular flexibility index (Phi) is 14.7. The van der Waals surface area contributed by atoms with Crippen LogP contribution in [0.3, 0.4) is 0 Å². The number of amides is 2. The Morgan fingerprint density at radius 2 is 1.02 bits per heavy atom. The zero-order valence-electron chi connectivity index (χ0n) is 26.0. The van der Waals surface area contributed by atoms with E-state index in [1.165, 1.54) is 0 Å². The molecule has 1 atom stereocenters. The molecule has 2 amide bonds. The summed E-state index contributed by atoms with van der Waals surface area (Å²) in [6.45, 7) is 15.0. The fourth-order valence-electron chi connectivity index (χ4n) is 5.30. The molecule has 0 aliphatic heterocycles. The van der Waals surface area contributed by atoms with Gasteiger partial charge in [0.25, 0.3) is 0 Å². The van der Waals surface area contributed by atoms with Gasteiger partial charge < -0.3 is 14.4 Å². The van der Waals surface area contributed by atoms with Crippen molar-refractivity contribution in [3.8, 4) is 0 Å². The van der Waals surface area contributed by atoms with E-state index in [1.807, 2.05) is 72.2 Å². The number of unbranched alkanes of at least 4 members (excludes halogenated alkanes) is 4. The summed E-state index contributed by atoms with van der Waals surface area (Å²) in [5.74, 6) is -0.204. The highest BCUT2D eigenvalue weighted by Crippen LogP contribution is 2.52. The zero-order valence-corrected chi connectivity index (χ0v) is 26.8. The van der Waals surface area contributed by atoms with Gasteiger partial charge >= 0.3 is 0 Å². The van der Waals surface area contributed by atoms with Gasteiger partial charge in [-0.1, -0.05) is 102 Å². The van der Waals surface area contributed by atoms with Crippen LogP contribution in [-0.4, -0.2) is 53.5 Å². The number of hydrogen-bond acceptors (Lipinski definition) is 3. The Hall–Kier alpha value is -2.39. The molecule has 40 heavy (non-hydrogen) atoms. The molecule has 1 unspecified atom stereocenters. The minimum atomic E-state index is -3.57. The quantitative estimate of drug-likeness (QED) is 0.178. The average molecular weight is 569 g/mol. The van der Waals surface area contributed by atoms with Crippen LogP contribution >= 0.6 is 7.14 Å². The van der Waals surface area contributed by atoms with Crippen molar-refractivity contribution >= 4 is 29.6 Å². The monoisotopic (exact) mass is 568 g/mol. The number of carbonyl (C=O) groups excluding carboxylic acids is 2. The molecule has 2 rings (SSSR count). The predicted octanol–water partition coefficient (Wildman–Crippen LogP) is 7.23. The van der Waals surface area contributed by atoms with Crippen molar-refractivity contribution in [2.24, 2.45) is 0 Å². The van der Waals surface area contributed by atoms with Gasteiger partial charge in [-0.2, -0.15) is 0 Å². The summed E-state index contributed by atoms with van der Waals surface area (Å²) in [5.41, 5.74) is 0.838. The summed E-state index contributed by atoms with van der Waals surface area (Å²) in [5, 5.41) is 1.38. The molecule has 0 aliphatic rings. The van der Waals surface area contributed by atoms with Crippen LogP contribution in [0, 0.1) is 13.8 Å². The van der Waals surface area contributed by atoms with Crippen LogP contribution in [0.2, 0.25) is 0 Å². The molecule has 222 valence electrons. The molecule has 0 spiro atoms. The number of nitrogens with zero attached hydrogens (tertiary/aromatic N) is 2. The standard InChI is InChI=1S/C34H53N2O3P/c1-7-11-23-35(24-12-8-2)33(37)27-32(34(38)36(25-13-9-3)26-14-10-4)40(39,30-21-17-15-19-28(30)5)31-22-18-16-20-29(31)6/h15-22,32H,7-14,23-27H2,1-6H3. The summed E-state index contributed by atoms with van der Waals surface area (Å²) >= 11 is 0. The third-order valence-electron chi connectivity index (χ3n) is 7.83. The van der Waals surface area contributed by atoms with E-state index in [2.05, 4.69) is 27.7 Å². The molecule has 0 saturated heterocycles. The van der Waals surface area contributed by atoms with E-state index in [0.717, 1.165) is 62.5 Å². The van der Waals surface area contributed by atoms with E-state index in [-0.39, 0.29) is 18.2 Å². The largest absolute Gasteiger partial charge is 0.343 e. The van der Waals surface area contributed by atoms with Crippen molar-refractivity contribution < 1.29 is 14.2 Å². The minimum absolute atomic E-state index is 0.0407. The second kappa shape index (κ2) is 17.4. The van der Waals surface area contributed by atoms with E-state index < -0.39 is 12.8 Å². The maximum Gasteiger partial charge on any atom is 0.234 e. The summed E-state index contributed by atoms with van der Waals surface area (Å²) < 4.78 is 15.8. The summed E-state index contributed by atoms with van der Waals surface area (Å²) in [6, 6.07) is 15.4. The maximum absolute atomic E-state index is 15.8. The fourth-order valence-corrected chi connectivity index (χ4v) is 8.93. The number of benzene rings is 2. The van der Waals surface area contributed by atoms with Gasteiger partial charge in [-0.3, -0.25) is 9.59 Å².